The maximum atomic E-state index is 10.1. The van der Waals surface area contributed by atoms with Gasteiger partial charge in [0, 0.05) is 12.6 Å². The van der Waals surface area contributed by atoms with Crippen LogP contribution in [0.15, 0.2) is 23.0 Å². The van der Waals surface area contributed by atoms with E-state index in [-0.39, 0.29) is 5.70 Å². The first kappa shape index (κ1) is 11.0. The second-order valence-electron chi connectivity index (χ2n) is 1.76. The predicted molar refractivity (Wildman–Crippen MR) is 48.4 cm³/mol. The van der Waals surface area contributed by atoms with Crippen molar-refractivity contribution in [3.8, 4) is 0 Å². The van der Waals surface area contributed by atoms with Crippen LogP contribution in [0.5, 0.6) is 0 Å². The summed E-state index contributed by atoms with van der Waals surface area (Å²) in [5, 5.41) is 13.1. The number of nitrogens with one attached hydrogen (secondary N) is 1. The number of nitro groups is 1. The summed E-state index contributed by atoms with van der Waals surface area (Å²) >= 11 is 5.46. The third-order valence-electron chi connectivity index (χ3n) is 1.07. The summed E-state index contributed by atoms with van der Waals surface area (Å²) in [5.41, 5.74) is 0.0451. The van der Waals surface area contributed by atoms with Gasteiger partial charge in [-0.05, 0) is 0 Å². The molecule has 4 nitrogen and oxygen atoms in total. The number of dihydropyridines is 1. The van der Waals surface area contributed by atoms with Gasteiger partial charge < -0.3 is 5.32 Å². The van der Waals surface area contributed by atoms with Crippen molar-refractivity contribution in [2.75, 3.05) is 6.54 Å². The molecule has 0 radical (unpaired) electrons. The first-order valence-electron chi connectivity index (χ1n) is 3.66. The van der Waals surface area contributed by atoms with Crippen molar-refractivity contribution in [2.45, 2.75) is 13.8 Å². The van der Waals surface area contributed by atoms with E-state index in [1.165, 1.54) is 12.2 Å². The largest absolute Gasteiger partial charge is 0.372 e. The Hall–Kier alpha value is -1.03. The first-order valence-corrected chi connectivity index (χ1v) is 4.03. The number of nitrogens with zero attached hydrogens (tertiary/aromatic N) is 1. The standard InChI is InChI=1S/C5H5ClN2O2.C2H6/c6-5-3-4(8(9)10)1-2-7-5;1-2/h1,3,7H,2H2;1-2H3. The molecular weight excluding hydrogens is 180 g/mol. The molecule has 68 valence electrons. The van der Waals surface area contributed by atoms with E-state index in [9.17, 15) is 10.1 Å². The maximum Gasteiger partial charge on any atom is 0.270 e. The minimum Gasteiger partial charge on any atom is -0.372 e. The minimum absolute atomic E-state index is 0.0451. The molecule has 0 atom stereocenters. The van der Waals surface area contributed by atoms with Crippen LogP contribution in [-0.2, 0) is 0 Å². The van der Waals surface area contributed by atoms with Gasteiger partial charge in [-0.2, -0.15) is 0 Å². The third-order valence-corrected chi connectivity index (χ3v) is 1.31. The molecule has 0 aromatic carbocycles. The summed E-state index contributed by atoms with van der Waals surface area (Å²) < 4.78 is 0. The molecule has 0 amide bonds. The molecule has 1 heterocycles. The molecule has 1 N–H and O–H groups in total. The zero-order valence-corrected chi connectivity index (χ0v) is 7.76. The van der Waals surface area contributed by atoms with Gasteiger partial charge in [-0.1, -0.05) is 25.4 Å². The molecular formula is C7H11ClN2O2. The maximum absolute atomic E-state index is 10.1. The monoisotopic (exact) mass is 190 g/mol. The Morgan fingerprint density at radius 3 is 2.58 bits per heavy atom. The van der Waals surface area contributed by atoms with E-state index in [0.29, 0.717) is 11.7 Å². The lowest BCUT2D eigenvalue weighted by atomic mass is 10.3. The number of hydrogen-bond donors (Lipinski definition) is 1. The van der Waals surface area contributed by atoms with Crippen LogP contribution in [0.4, 0.5) is 0 Å². The van der Waals surface area contributed by atoms with Gasteiger partial charge in [0.05, 0.1) is 11.0 Å². The summed E-state index contributed by atoms with van der Waals surface area (Å²) in [6.07, 6.45) is 2.75. The Labute approximate surface area is 76.1 Å². The molecule has 0 unspecified atom stereocenters. The van der Waals surface area contributed by atoms with Crippen LogP contribution in [0, 0.1) is 10.1 Å². The lowest BCUT2D eigenvalue weighted by Crippen LogP contribution is -2.15. The van der Waals surface area contributed by atoms with Crippen molar-refractivity contribution < 1.29 is 4.92 Å². The van der Waals surface area contributed by atoms with Crippen molar-refractivity contribution in [1.82, 2.24) is 5.32 Å². The number of hydrogen-bond acceptors (Lipinski definition) is 3. The molecule has 1 aliphatic heterocycles. The summed E-state index contributed by atoms with van der Waals surface area (Å²) in [6, 6.07) is 0. The van der Waals surface area contributed by atoms with Gasteiger partial charge in [-0.3, -0.25) is 10.1 Å². The molecule has 0 spiro atoms. The smallest absolute Gasteiger partial charge is 0.270 e. The molecule has 5 heteroatoms. The van der Waals surface area contributed by atoms with Gasteiger partial charge in [-0.25, -0.2) is 0 Å². The quantitative estimate of drug-likeness (QED) is 0.390. The summed E-state index contributed by atoms with van der Waals surface area (Å²) in [5.74, 6) is 0. The molecule has 0 aromatic heterocycles. The van der Waals surface area contributed by atoms with Crippen LogP contribution < -0.4 is 5.32 Å². The highest BCUT2D eigenvalue weighted by molar-refractivity contribution is 6.29. The van der Waals surface area contributed by atoms with Crippen LogP contribution in [0.1, 0.15) is 13.8 Å². The van der Waals surface area contributed by atoms with Gasteiger partial charge in [0.15, 0.2) is 0 Å². The van der Waals surface area contributed by atoms with Gasteiger partial charge in [-0.15, -0.1) is 0 Å². The SMILES string of the molecule is CC.O=[N+]([O-])C1=CCNC(Cl)=C1. The summed E-state index contributed by atoms with van der Waals surface area (Å²) in [7, 11) is 0. The fourth-order valence-electron chi connectivity index (χ4n) is 0.620. The van der Waals surface area contributed by atoms with E-state index < -0.39 is 4.92 Å². The normalized spacial score (nSPS) is 14.6. The second kappa shape index (κ2) is 5.60. The second-order valence-corrected chi connectivity index (χ2v) is 2.17. The van der Waals surface area contributed by atoms with E-state index in [1.54, 1.807) is 0 Å². The lowest BCUT2D eigenvalue weighted by molar-refractivity contribution is -0.419. The highest BCUT2D eigenvalue weighted by atomic mass is 35.5. The van der Waals surface area contributed by atoms with Gasteiger partial charge >= 0.3 is 0 Å². The number of allylic oxidation sites excluding steroid dienone is 1. The molecule has 0 saturated carbocycles. The van der Waals surface area contributed by atoms with Crippen LogP contribution in [0.25, 0.3) is 0 Å². The number of rotatable bonds is 1. The first-order chi connectivity index (χ1) is 5.70. The number of halogens is 1. The van der Waals surface area contributed by atoms with Crippen molar-refractivity contribution in [1.29, 1.82) is 0 Å². The van der Waals surface area contributed by atoms with Crippen LogP contribution >= 0.6 is 11.6 Å². The average molecular weight is 191 g/mol. The molecule has 0 fully saturated rings. The van der Waals surface area contributed by atoms with Gasteiger partial charge in [0.25, 0.3) is 5.70 Å². The van der Waals surface area contributed by atoms with Gasteiger partial charge in [0.2, 0.25) is 0 Å². The van der Waals surface area contributed by atoms with E-state index in [1.807, 2.05) is 13.8 Å². The van der Waals surface area contributed by atoms with E-state index in [0.717, 1.165) is 0 Å². The molecule has 0 aliphatic carbocycles. The van der Waals surface area contributed by atoms with Gasteiger partial charge in [0.1, 0.15) is 5.16 Å². The zero-order chi connectivity index (χ0) is 9.56. The third kappa shape index (κ3) is 3.39. The molecule has 0 saturated heterocycles. The Balaban J connectivity index is 0.000000561. The van der Waals surface area contributed by atoms with Crippen LogP contribution in [-0.4, -0.2) is 11.5 Å². The zero-order valence-electron chi connectivity index (χ0n) is 7.00. The van der Waals surface area contributed by atoms with E-state index in [2.05, 4.69) is 5.32 Å². The van der Waals surface area contributed by atoms with Crippen molar-refractivity contribution >= 4 is 11.6 Å². The summed E-state index contributed by atoms with van der Waals surface area (Å²) in [6.45, 7) is 4.42. The van der Waals surface area contributed by atoms with E-state index >= 15 is 0 Å². The fourth-order valence-corrected chi connectivity index (χ4v) is 0.809. The molecule has 1 rings (SSSR count). The Morgan fingerprint density at radius 2 is 2.25 bits per heavy atom. The Bertz CT molecular complexity index is 223. The average Bonchev–Trinajstić information content (AvgIpc) is 2.08. The molecule has 12 heavy (non-hydrogen) atoms. The van der Waals surface area contributed by atoms with E-state index in [4.69, 9.17) is 11.6 Å². The molecule has 1 aliphatic rings. The fraction of sp³-hybridized carbons (Fsp3) is 0.429. The Kier molecular flexibility index (Phi) is 5.12. The Morgan fingerprint density at radius 1 is 1.67 bits per heavy atom. The molecule has 0 bridgehead atoms. The topological polar surface area (TPSA) is 55.2 Å². The molecule has 0 aromatic rings. The lowest BCUT2D eigenvalue weighted by Gasteiger charge is -2.04. The highest BCUT2D eigenvalue weighted by Crippen LogP contribution is 2.08. The van der Waals surface area contributed by atoms with Crippen LogP contribution in [0.2, 0.25) is 0 Å². The van der Waals surface area contributed by atoms with Crippen LogP contribution in [0.3, 0.4) is 0 Å². The summed E-state index contributed by atoms with van der Waals surface area (Å²) in [4.78, 5) is 9.64. The van der Waals surface area contributed by atoms with Crippen molar-refractivity contribution in [2.24, 2.45) is 0 Å². The predicted octanol–water partition coefficient (Wildman–Crippen LogP) is 1.86. The van der Waals surface area contributed by atoms with Crippen molar-refractivity contribution in [3.05, 3.63) is 33.1 Å². The minimum atomic E-state index is -0.469. The highest BCUT2D eigenvalue weighted by Gasteiger charge is 2.10. The van der Waals surface area contributed by atoms with Crippen molar-refractivity contribution in [3.63, 3.8) is 0 Å².